The summed E-state index contributed by atoms with van der Waals surface area (Å²) in [4.78, 5) is 11.3. The van der Waals surface area contributed by atoms with E-state index in [1.807, 2.05) is 0 Å². The van der Waals surface area contributed by atoms with Gasteiger partial charge >= 0.3 is 5.97 Å². The van der Waals surface area contributed by atoms with Crippen molar-refractivity contribution in [2.45, 2.75) is 52.2 Å². The highest BCUT2D eigenvalue weighted by Crippen LogP contribution is 2.00. The number of unbranched alkanes of at least 4 members (excludes halogenated alkanes) is 1. The van der Waals surface area contributed by atoms with Crippen molar-refractivity contribution >= 4 is 5.97 Å². The molecule has 0 aromatic heterocycles. The van der Waals surface area contributed by atoms with E-state index < -0.39 is 13.7 Å². The maximum atomic E-state index is 11.3. The van der Waals surface area contributed by atoms with Crippen LogP contribution in [-0.2, 0) is 9.53 Å². The van der Waals surface area contributed by atoms with Crippen LogP contribution >= 0.6 is 0 Å². The zero-order valence-corrected chi connectivity index (χ0v) is 8.42. The van der Waals surface area contributed by atoms with Crippen LogP contribution in [0.25, 0.3) is 0 Å². The van der Waals surface area contributed by atoms with Crippen molar-refractivity contribution in [3.8, 4) is 0 Å². The number of carbonyl (C=O) groups excluding carboxylic acids is 1. The minimum Gasteiger partial charge on any atom is -0.465 e. The largest absolute Gasteiger partial charge is 0.465 e. The van der Waals surface area contributed by atoms with Gasteiger partial charge in [-0.1, -0.05) is 38.7 Å². The van der Waals surface area contributed by atoms with Crippen molar-refractivity contribution in [3.05, 3.63) is 12.2 Å². The van der Waals surface area contributed by atoms with Crippen LogP contribution in [0, 0.1) is 0 Å². The first-order chi connectivity index (χ1) is 9.10. The zero-order chi connectivity index (χ0) is 15.6. The lowest BCUT2D eigenvalue weighted by molar-refractivity contribution is -0.143. The number of allylic oxidation sites excluding steroid dienone is 1. The standard InChI is InChI=1S/C12H22O2/c1-3-5-7-9-11-14-12(13)10-8-6-4-2/h5,7H,3-4,6,8-11H2,1-2H3/b7-5-/i1D3,2D3. The molecule has 0 fully saturated rings. The number of rotatable bonds is 8. The molecule has 0 aliphatic carbocycles. The molecule has 0 bridgehead atoms. The lowest BCUT2D eigenvalue weighted by Crippen LogP contribution is -2.04. The topological polar surface area (TPSA) is 26.3 Å². The molecule has 0 amide bonds. The molecule has 82 valence electrons. The molecule has 0 spiro atoms. The van der Waals surface area contributed by atoms with Gasteiger partial charge in [0, 0.05) is 14.6 Å². The molecule has 0 atom stereocenters. The van der Waals surface area contributed by atoms with E-state index in [9.17, 15) is 4.79 Å². The van der Waals surface area contributed by atoms with Crippen LogP contribution in [0.1, 0.15) is 60.5 Å². The Balaban J connectivity index is 3.50. The van der Waals surface area contributed by atoms with Gasteiger partial charge in [-0.3, -0.25) is 4.79 Å². The Bertz CT molecular complexity index is 306. The number of hydrogen-bond acceptors (Lipinski definition) is 2. The fraction of sp³-hybridized carbons (Fsp3) is 0.750. The lowest BCUT2D eigenvalue weighted by Gasteiger charge is -2.01. The minimum absolute atomic E-state index is 0.00999. The fourth-order valence-electron chi connectivity index (χ4n) is 0.908. The van der Waals surface area contributed by atoms with E-state index in [4.69, 9.17) is 13.0 Å². The van der Waals surface area contributed by atoms with E-state index in [1.165, 1.54) is 0 Å². The van der Waals surface area contributed by atoms with Gasteiger partial charge in [0.1, 0.15) is 0 Å². The van der Waals surface area contributed by atoms with Crippen molar-refractivity contribution in [2.24, 2.45) is 0 Å². The van der Waals surface area contributed by atoms with E-state index in [0.717, 1.165) is 0 Å². The molecule has 0 aliphatic rings. The molecule has 0 heterocycles. The number of ether oxygens (including phenoxy) is 1. The Morgan fingerprint density at radius 2 is 2.29 bits per heavy atom. The number of hydrogen-bond donors (Lipinski definition) is 0. The summed E-state index contributed by atoms with van der Waals surface area (Å²) in [6.07, 6.45) is 5.03. The Hall–Kier alpha value is -0.790. The molecule has 0 rings (SSSR count). The van der Waals surface area contributed by atoms with Crippen molar-refractivity contribution in [2.75, 3.05) is 6.61 Å². The first-order valence-electron chi connectivity index (χ1n) is 7.91. The fourth-order valence-corrected chi connectivity index (χ4v) is 0.908. The smallest absolute Gasteiger partial charge is 0.305 e. The molecule has 2 heteroatoms. The normalized spacial score (nSPS) is 18.9. The average molecular weight is 204 g/mol. The second-order valence-electron chi connectivity index (χ2n) is 2.89. The van der Waals surface area contributed by atoms with Crippen molar-refractivity contribution in [1.82, 2.24) is 0 Å². The summed E-state index contributed by atoms with van der Waals surface area (Å²) in [6, 6.07) is 0. The zero-order valence-electron chi connectivity index (χ0n) is 14.4. The summed E-state index contributed by atoms with van der Waals surface area (Å²) < 4.78 is 46.9. The highest BCUT2D eigenvalue weighted by atomic mass is 16.5. The molecular weight excluding hydrogens is 176 g/mol. The summed E-state index contributed by atoms with van der Waals surface area (Å²) in [5, 5.41) is 0. The van der Waals surface area contributed by atoms with E-state index in [-0.39, 0.29) is 31.8 Å². The van der Waals surface area contributed by atoms with Crippen LogP contribution < -0.4 is 0 Å². The van der Waals surface area contributed by atoms with Crippen LogP contribution in [0.3, 0.4) is 0 Å². The monoisotopic (exact) mass is 204 g/mol. The Kier molecular flexibility index (Phi) is 4.37. The van der Waals surface area contributed by atoms with Gasteiger partial charge in [-0.05, 0) is 19.3 Å². The summed E-state index contributed by atoms with van der Waals surface area (Å²) in [7, 11) is 0. The van der Waals surface area contributed by atoms with E-state index in [1.54, 1.807) is 12.2 Å². The molecule has 0 saturated carbocycles. The van der Waals surface area contributed by atoms with Gasteiger partial charge in [-0.25, -0.2) is 0 Å². The molecule has 0 aliphatic heterocycles. The van der Waals surface area contributed by atoms with Crippen LogP contribution in [-0.4, -0.2) is 12.6 Å². The second kappa shape index (κ2) is 10.3. The van der Waals surface area contributed by atoms with Gasteiger partial charge in [0.15, 0.2) is 0 Å². The molecule has 2 nitrogen and oxygen atoms in total. The van der Waals surface area contributed by atoms with Crippen molar-refractivity contribution < 1.29 is 17.8 Å². The van der Waals surface area contributed by atoms with Gasteiger partial charge in [-0.15, -0.1) is 0 Å². The van der Waals surface area contributed by atoms with E-state index in [2.05, 4.69) is 0 Å². The molecule has 0 unspecified atom stereocenters. The van der Waals surface area contributed by atoms with Crippen molar-refractivity contribution in [3.63, 3.8) is 0 Å². The first kappa shape index (κ1) is 5.94. The maximum absolute atomic E-state index is 11.3. The van der Waals surface area contributed by atoms with Gasteiger partial charge in [-0.2, -0.15) is 0 Å². The summed E-state index contributed by atoms with van der Waals surface area (Å²) >= 11 is 0. The third-order valence-corrected chi connectivity index (χ3v) is 1.64. The second-order valence-corrected chi connectivity index (χ2v) is 2.89. The molecule has 0 aromatic carbocycles. The average Bonchev–Trinajstić information content (AvgIpc) is 2.26. The molecular formula is C12H22O2. The van der Waals surface area contributed by atoms with Crippen molar-refractivity contribution in [1.29, 1.82) is 0 Å². The highest BCUT2D eigenvalue weighted by molar-refractivity contribution is 5.69. The molecule has 14 heavy (non-hydrogen) atoms. The summed E-state index contributed by atoms with van der Waals surface area (Å²) in [5.41, 5.74) is 0. The Morgan fingerprint density at radius 3 is 3.07 bits per heavy atom. The van der Waals surface area contributed by atoms with Gasteiger partial charge in [0.25, 0.3) is 0 Å². The quantitative estimate of drug-likeness (QED) is 0.344. The molecule has 0 aromatic rings. The molecule has 0 saturated heterocycles. The summed E-state index contributed by atoms with van der Waals surface area (Å²) in [6.45, 7) is -3.68. The Labute approximate surface area is 95.8 Å². The van der Waals surface area contributed by atoms with Crippen LogP contribution in [0.4, 0.5) is 0 Å². The van der Waals surface area contributed by atoms with Crippen LogP contribution in [0.5, 0.6) is 0 Å². The molecule has 0 radical (unpaired) electrons. The van der Waals surface area contributed by atoms with Gasteiger partial charge in [0.2, 0.25) is 0 Å². The number of esters is 1. The first-order valence-corrected chi connectivity index (χ1v) is 4.91. The Morgan fingerprint density at radius 1 is 1.36 bits per heavy atom. The van der Waals surface area contributed by atoms with Gasteiger partial charge < -0.3 is 4.74 Å². The molecule has 0 N–H and O–H groups in total. The maximum Gasteiger partial charge on any atom is 0.305 e. The predicted molar refractivity (Wildman–Crippen MR) is 59.1 cm³/mol. The van der Waals surface area contributed by atoms with Gasteiger partial charge in [0.05, 0.1) is 6.61 Å². The van der Waals surface area contributed by atoms with Crippen LogP contribution in [0.15, 0.2) is 12.2 Å². The third kappa shape index (κ3) is 9.30. The highest BCUT2D eigenvalue weighted by Gasteiger charge is 2.00. The minimum atomic E-state index is -1.96. The third-order valence-electron chi connectivity index (χ3n) is 1.64. The number of carbonyl (C=O) groups is 1. The van der Waals surface area contributed by atoms with E-state index >= 15 is 0 Å². The van der Waals surface area contributed by atoms with Crippen LogP contribution in [0.2, 0.25) is 0 Å². The predicted octanol–water partition coefficient (Wildman–Crippen LogP) is 3.47. The SMILES string of the molecule is [2H]C([2H])([2H])C/C=C\CCOC(=O)CCCCC([2H])([2H])[2H]. The summed E-state index contributed by atoms with van der Waals surface area (Å²) in [5.74, 6) is -0.347. The van der Waals surface area contributed by atoms with E-state index in [0.29, 0.717) is 19.3 Å². The lowest BCUT2D eigenvalue weighted by atomic mass is 10.2.